The van der Waals surface area contributed by atoms with E-state index in [2.05, 4.69) is 31.4 Å². The normalized spacial score (nSPS) is 12.2. The van der Waals surface area contributed by atoms with Gasteiger partial charge in [0.05, 0.1) is 11.3 Å². The van der Waals surface area contributed by atoms with Gasteiger partial charge in [0.2, 0.25) is 5.91 Å². The molecule has 2 N–H and O–H groups in total. The maximum absolute atomic E-state index is 12.7. The van der Waals surface area contributed by atoms with Gasteiger partial charge in [0.1, 0.15) is 0 Å². The second-order valence-corrected chi connectivity index (χ2v) is 9.89. The highest BCUT2D eigenvalue weighted by molar-refractivity contribution is 8.00. The highest BCUT2D eigenvalue weighted by Crippen LogP contribution is 2.25. The Bertz CT molecular complexity index is 949. The van der Waals surface area contributed by atoms with Crippen molar-refractivity contribution in [1.29, 1.82) is 0 Å². The quantitative estimate of drug-likeness (QED) is 0.441. The van der Waals surface area contributed by atoms with Crippen molar-refractivity contribution < 1.29 is 19.1 Å². The van der Waals surface area contributed by atoms with Gasteiger partial charge in [-0.15, -0.1) is 11.8 Å². The summed E-state index contributed by atoms with van der Waals surface area (Å²) < 4.78 is 5.40. The third-order valence-corrected chi connectivity index (χ3v) is 5.66. The molecule has 0 heterocycles. The fourth-order valence-electron chi connectivity index (χ4n) is 2.84. The number of hydrogen-bond acceptors (Lipinski definition) is 5. The molecular weight excluding hydrogens is 424 g/mol. The summed E-state index contributed by atoms with van der Waals surface area (Å²) in [5, 5.41) is 5.59. The summed E-state index contributed by atoms with van der Waals surface area (Å²) in [6.07, 6.45) is -0.980. The Balaban J connectivity index is 1.98. The van der Waals surface area contributed by atoms with Crippen LogP contribution in [0, 0.1) is 0 Å². The molecule has 32 heavy (non-hydrogen) atoms. The minimum atomic E-state index is -0.980. The molecule has 2 amide bonds. The summed E-state index contributed by atoms with van der Waals surface area (Å²) in [5.74, 6) is -0.951. The van der Waals surface area contributed by atoms with Gasteiger partial charge < -0.3 is 15.4 Å². The second-order valence-electron chi connectivity index (χ2n) is 8.87. The van der Waals surface area contributed by atoms with Crippen LogP contribution in [0.3, 0.4) is 0 Å². The number of nitrogens with one attached hydrogen (secondary N) is 2. The Morgan fingerprint density at radius 1 is 0.969 bits per heavy atom. The average molecular weight is 457 g/mol. The zero-order chi connectivity index (χ0) is 23.9. The highest BCUT2D eigenvalue weighted by atomic mass is 32.2. The first-order chi connectivity index (χ1) is 15.0. The van der Waals surface area contributed by atoms with Crippen molar-refractivity contribution in [3.05, 3.63) is 59.7 Å². The van der Waals surface area contributed by atoms with Crippen LogP contribution >= 0.6 is 11.8 Å². The number of carbonyl (C=O) groups is 3. The first kappa shape index (κ1) is 25.5. The van der Waals surface area contributed by atoms with Crippen LogP contribution in [0.1, 0.15) is 57.5 Å². The zero-order valence-electron chi connectivity index (χ0n) is 19.5. The van der Waals surface area contributed by atoms with Crippen molar-refractivity contribution in [3.63, 3.8) is 0 Å². The molecule has 172 valence electrons. The molecule has 2 aromatic carbocycles. The maximum atomic E-state index is 12.7. The van der Waals surface area contributed by atoms with Crippen LogP contribution in [0.25, 0.3) is 0 Å². The van der Waals surface area contributed by atoms with E-state index in [-0.39, 0.29) is 23.1 Å². The Labute approximate surface area is 194 Å². The molecule has 0 aromatic heterocycles. The summed E-state index contributed by atoms with van der Waals surface area (Å²) in [6.45, 7) is 11.7. The number of esters is 1. The number of ether oxygens (including phenoxy) is 1. The van der Waals surface area contributed by atoms with Crippen LogP contribution in [-0.4, -0.2) is 35.7 Å². The lowest BCUT2D eigenvalue weighted by Crippen LogP contribution is -2.31. The molecule has 2 aromatic rings. The molecular formula is C25H32N2O4S. The third-order valence-electron chi connectivity index (χ3n) is 4.59. The first-order valence-corrected chi connectivity index (χ1v) is 11.6. The largest absolute Gasteiger partial charge is 0.449 e. The second kappa shape index (κ2) is 11.2. The van der Waals surface area contributed by atoms with E-state index in [0.29, 0.717) is 16.1 Å². The van der Waals surface area contributed by atoms with Gasteiger partial charge in [-0.3, -0.25) is 9.59 Å². The van der Waals surface area contributed by atoms with Crippen molar-refractivity contribution in [1.82, 2.24) is 5.32 Å². The van der Waals surface area contributed by atoms with E-state index in [0.717, 1.165) is 5.56 Å². The lowest BCUT2D eigenvalue weighted by molar-refractivity contribution is -0.123. The van der Waals surface area contributed by atoms with Gasteiger partial charge in [-0.05, 0) is 56.0 Å². The molecule has 0 radical (unpaired) electrons. The fraction of sp³-hybridized carbons (Fsp3) is 0.400. The van der Waals surface area contributed by atoms with Gasteiger partial charge in [-0.1, -0.05) is 45.0 Å². The van der Waals surface area contributed by atoms with Gasteiger partial charge in [0.15, 0.2) is 6.10 Å². The molecule has 0 aliphatic heterocycles. The van der Waals surface area contributed by atoms with Crippen LogP contribution in [-0.2, 0) is 19.7 Å². The smallest absolute Gasteiger partial charge is 0.340 e. The maximum Gasteiger partial charge on any atom is 0.340 e. The van der Waals surface area contributed by atoms with Crippen LogP contribution in [0.15, 0.2) is 53.4 Å². The van der Waals surface area contributed by atoms with E-state index < -0.39 is 18.0 Å². The molecule has 6 nitrogen and oxygen atoms in total. The van der Waals surface area contributed by atoms with Gasteiger partial charge in [0.25, 0.3) is 5.91 Å². The topological polar surface area (TPSA) is 84.5 Å². The summed E-state index contributed by atoms with van der Waals surface area (Å²) in [7, 11) is 0. The van der Waals surface area contributed by atoms with Crippen molar-refractivity contribution in [2.45, 2.75) is 64.0 Å². The molecule has 0 saturated carbocycles. The van der Waals surface area contributed by atoms with Crippen LogP contribution < -0.4 is 10.6 Å². The number of thioether (sulfide) groups is 1. The SMILES string of the molecule is CC(C)NC(=O)CSc1ccccc1C(=O)OC(C)C(=O)Nc1ccc(C(C)(C)C)cc1. The fourth-order valence-corrected chi connectivity index (χ4v) is 3.69. The first-order valence-electron chi connectivity index (χ1n) is 10.6. The predicted molar refractivity (Wildman–Crippen MR) is 129 cm³/mol. The lowest BCUT2D eigenvalue weighted by atomic mass is 9.87. The zero-order valence-corrected chi connectivity index (χ0v) is 20.3. The average Bonchev–Trinajstić information content (AvgIpc) is 2.71. The Kier molecular flexibility index (Phi) is 8.89. The molecule has 7 heteroatoms. The summed E-state index contributed by atoms with van der Waals surface area (Å²) in [4.78, 5) is 37.8. The molecule has 0 fully saturated rings. The van der Waals surface area contributed by atoms with E-state index in [1.165, 1.54) is 18.7 Å². The molecule has 0 spiro atoms. The predicted octanol–water partition coefficient (Wildman–Crippen LogP) is 4.78. The molecule has 1 atom stereocenters. The van der Waals surface area contributed by atoms with Gasteiger partial charge in [0, 0.05) is 16.6 Å². The molecule has 0 saturated heterocycles. The number of rotatable bonds is 8. The summed E-state index contributed by atoms with van der Waals surface area (Å²) in [5.41, 5.74) is 2.14. The molecule has 0 bridgehead atoms. The molecule has 1 unspecified atom stereocenters. The van der Waals surface area contributed by atoms with E-state index in [1.54, 1.807) is 24.3 Å². The molecule has 0 aliphatic carbocycles. The van der Waals surface area contributed by atoms with Crippen LogP contribution in [0.5, 0.6) is 0 Å². The summed E-state index contributed by atoms with van der Waals surface area (Å²) in [6, 6.07) is 14.5. The number of benzene rings is 2. The monoisotopic (exact) mass is 456 g/mol. The van der Waals surface area contributed by atoms with E-state index >= 15 is 0 Å². The molecule has 0 aliphatic rings. The Morgan fingerprint density at radius 3 is 2.19 bits per heavy atom. The minimum absolute atomic E-state index is 0.0201. The minimum Gasteiger partial charge on any atom is -0.449 e. The third kappa shape index (κ3) is 7.71. The highest BCUT2D eigenvalue weighted by Gasteiger charge is 2.22. The number of anilines is 1. The van der Waals surface area contributed by atoms with E-state index in [9.17, 15) is 14.4 Å². The van der Waals surface area contributed by atoms with Crippen molar-refractivity contribution in [2.24, 2.45) is 0 Å². The van der Waals surface area contributed by atoms with E-state index in [4.69, 9.17) is 4.74 Å². The standard InChI is InChI=1S/C25H32N2O4S/c1-16(2)26-22(28)15-32-21-10-8-7-9-20(21)24(30)31-17(3)23(29)27-19-13-11-18(12-14-19)25(4,5)6/h7-14,16-17H,15H2,1-6H3,(H,26,28)(H,27,29). The van der Waals surface area contributed by atoms with Crippen LogP contribution in [0.2, 0.25) is 0 Å². The van der Waals surface area contributed by atoms with E-state index in [1.807, 2.05) is 38.1 Å². The van der Waals surface area contributed by atoms with Crippen molar-refractivity contribution in [3.8, 4) is 0 Å². The molecule has 2 rings (SSSR count). The van der Waals surface area contributed by atoms with Crippen LogP contribution in [0.4, 0.5) is 5.69 Å². The Morgan fingerprint density at radius 2 is 1.59 bits per heavy atom. The number of amides is 2. The van der Waals surface area contributed by atoms with Gasteiger partial charge >= 0.3 is 5.97 Å². The van der Waals surface area contributed by atoms with Crippen molar-refractivity contribution in [2.75, 3.05) is 11.1 Å². The van der Waals surface area contributed by atoms with Gasteiger partial charge in [-0.25, -0.2) is 4.79 Å². The van der Waals surface area contributed by atoms with Gasteiger partial charge in [-0.2, -0.15) is 0 Å². The number of carbonyl (C=O) groups excluding carboxylic acids is 3. The summed E-state index contributed by atoms with van der Waals surface area (Å²) >= 11 is 1.25. The number of hydrogen-bond donors (Lipinski definition) is 2. The Hall–Kier alpha value is -2.80. The lowest BCUT2D eigenvalue weighted by Gasteiger charge is -2.19. The van der Waals surface area contributed by atoms with Crippen molar-refractivity contribution >= 4 is 35.2 Å².